The summed E-state index contributed by atoms with van der Waals surface area (Å²) in [5, 5.41) is 33.1. The number of allylic oxidation sites excluding steroid dienone is 4. The summed E-state index contributed by atoms with van der Waals surface area (Å²) in [6, 6.07) is 6.08. The summed E-state index contributed by atoms with van der Waals surface area (Å²) in [4.78, 5) is 69.7. The van der Waals surface area contributed by atoms with Crippen molar-refractivity contribution in [3.8, 4) is 0 Å². The molecular weight excluding hydrogens is 712 g/mol. The highest BCUT2D eigenvalue weighted by Crippen LogP contribution is 2.71. The molecule has 1 heterocycles. The lowest BCUT2D eigenvalue weighted by Crippen LogP contribution is -2.70. The van der Waals surface area contributed by atoms with Gasteiger partial charge in [-0.1, -0.05) is 32.1 Å². The van der Waals surface area contributed by atoms with E-state index in [-0.39, 0.29) is 44.6 Å². The van der Waals surface area contributed by atoms with Crippen molar-refractivity contribution in [2.45, 2.75) is 70.2 Å². The Morgan fingerprint density at radius 2 is 1.70 bits per heavy atom. The first kappa shape index (κ1) is 39.6. The highest BCUT2D eigenvalue weighted by molar-refractivity contribution is 6.01. The highest BCUT2D eigenvalue weighted by atomic mass is 19.1. The van der Waals surface area contributed by atoms with E-state index in [0.717, 1.165) is 6.08 Å². The van der Waals surface area contributed by atoms with Crippen LogP contribution in [0.5, 0.6) is 0 Å². The molecule has 4 fully saturated rings. The predicted molar refractivity (Wildman–Crippen MR) is 185 cm³/mol. The summed E-state index contributed by atoms with van der Waals surface area (Å²) >= 11 is 0. The number of aliphatic hydroxyl groups excluding tert-OH is 1. The van der Waals surface area contributed by atoms with E-state index in [1.165, 1.54) is 43.3 Å². The first-order valence-corrected chi connectivity index (χ1v) is 18.3. The standard InChI is InChI=1S/C38H47F2N3O11/c1-23-16-27-28-18-30(39)29-17-26(44)8-9-35(29,2)37(28,40)31(45)19-36(27,3)38(23,49)32(46)22-53-33(47)20-42-12-10-41(11-13-42)14-15-52-34(48)25-6-4-24(5-7-25)21-54-43(50)51/h4-9,17,23,27-28,30-31,45,49H,10-16,18-22H2,1-3H3/t23-,27?,28?,30+,31+,35+,36+,37+,38+/m1/s1. The number of fused-ring (bicyclic) bond motifs is 5. The van der Waals surface area contributed by atoms with Crippen LogP contribution < -0.4 is 0 Å². The third-order valence-electron chi connectivity index (χ3n) is 13.0. The van der Waals surface area contributed by atoms with E-state index >= 15 is 8.78 Å². The van der Waals surface area contributed by atoms with Gasteiger partial charge in [0.1, 0.15) is 25.0 Å². The second-order valence-corrected chi connectivity index (χ2v) is 15.8. The number of ether oxygens (including phenoxy) is 2. The van der Waals surface area contributed by atoms with Crippen molar-refractivity contribution in [3.63, 3.8) is 0 Å². The monoisotopic (exact) mass is 759 g/mol. The van der Waals surface area contributed by atoms with E-state index in [4.69, 9.17) is 9.47 Å². The molecule has 3 saturated carbocycles. The quantitative estimate of drug-likeness (QED) is 0.180. The molecular formula is C38H47F2N3O11. The Labute approximate surface area is 311 Å². The SMILES string of the molecule is C[C@@H]1CC2C3C[C@H](F)C4=CC(=O)C=C[C@]4(C)[C@@]3(F)[C@@H](O)C[C@]2(C)[C@@]1(O)C(=O)COC(=O)CN1CCN(CCOC(=O)c2ccc(CO[N+](=O)[O-])cc2)CC1. The summed E-state index contributed by atoms with van der Waals surface area (Å²) < 4.78 is 43.9. The van der Waals surface area contributed by atoms with E-state index in [0.29, 0.717) is 43.9 Å². The van der Waals surface area contributed by atoms with Gasteiger partial charge in [0.05, 0.1) is 18.2 Å². The zero-order valence-corrected chi connectivity index (χ0v) is 30.6. The number of hydrogen-bond donors (Lipinski definition) is 2. The Balaban J connectivity index is 0.977. The molecule has 0 spiro atoms. The number of Topliss-reactive ketones (excluding diaryl/α,β-unsaturated/α-hetero) is 1. The molecule has 1 saturated heterocycles. The molecule has 6 rings (SSSR count). The maximum Gasteiger partial charge on any atom is 0.338 e. The molecule has 54 heavy (non-hydrogen) atoms. The molecule has 4 aliphatic carbocycles. The average Bonchev–Trinajstić information content (AvgIpc) is 3.34. The van der Waals surface area contributed by atoms with E-state index in [2.05, 4.69) is 9.74 Å². The van der Waals surface area contributed by atoms with Gasteiger partial charge in [-0.05, 0) is 73.4 Å². The summed E-state index contributed by atoms with van der Waals surface area (Å²) in [7, 11) is 0. The van der Waals surface area contributed by atoms with Gasteiger partial charge in [-0.3, -0.25) is 24.2 Å². The Hall–Kier alpha value is -4.12. The minimum absolute atomic E-state index is 0.00532. The number of nitrogens with zero attached hydrogens (tertiary/aromatic N) is 3. The number of ketones is 2. The number of piperazine rings is 1. The van der Waals surface area contributed by atoms with Crippen LogP contribution in [0.3, 0.4) is 0 Å². The lowest BCUT2D eigenvalue weighted by Gasteiger charge is -2.63. The molecule has 1 aromatic rings. The number of esters is 2. The number of hydrogen-bond acceptors (Lipinski definition) is 13. The van der Waals surface area contributed by atoms with Gasteiger partial charge in [0, 0.05) is 49.5 Å². The van der Waals surface area contributed by atoms with Crippen LogP contribution in [0.15, 0.2) is 48.1 Å². The predicted octanol–water partition coefficient (Wildman–Crippen LogP) is 2.58. The maximum absolute atomic E-state index is 17.4. The van der Waals surface area contributed by atoms with Gasteiger partial charge in [-0.2, -0.15) is 0 Å². The van der Waals surface area contributed by atoms with Gasteiger partial charge in [0.2, 0.25) is 5.78 Å². The van der Waals surface area contributed by atoms with Crippen molar-refractivity contribution in [1.29, 1.82) is 0 Å². The molecule has 1 aromatic carbocycles. The van der Waals surface area contributed by atoms with Crippen molar-refractivity contribution >= 4 is 23.5 Å². The summed E-state index contributed by atoms with van der Waals surface area (Å²) in [6.07, 6.45) is -0.0636. The number of alkyl halides is 2. The Bertz CT molecular complexity index is 1730. The molecule has 2 unspecified atom stereocenters. The molecule has 0 amide bonds. The van der Waals surface area contributed by atoms with Crippen LogP contribution >= 0.6 is 0 Å². The van der Waals surface area contributed by atoms with Crippen molar-refractivity contribution in [2.24, 2.45) is 28.6 Å². The van der Waals surface area contributed by atoms with Gasteiger partial charge in [-0.25, -0.2) is 13.6 Å². The normalized spacial score (nSPS) is 36.3. The molecule has 1 aliphatic heterocycles. The Morgan fingerprint density at radius 3 is 2.37 bits per heavy atom. The second kappa shape index (κ2) is 14.8. The van der Waals surface area contributed by atoms with Gasteiger partial charge in [0.25, 0.3) is 5.09 Å². The highest BCUT2D eigenvalue weighted by Gasteiger charge is 2.76. The van der Waals surface area contributed by atoms with Gasteiger partial charge < -0.3 is 24.5 Å². The van der Waals surface area contributed by atoms with Crippen LogP contribution in [0, 0.1) is 38.7 Å². The zero-order valence-electron chi connectivity index (χ0n) is 30.6. The fourth-order valence-electron chi connectivity index (χ4n) is 10.0. The number of aliphatic hydroxyl groups is 2. The summed E-state index contributed by atoms with van der Waals surface area (Å²) in [5.41, 5.74) is -6.52. The fraction of sp³-hybridized carbons (Fsp3) is 0.632. The lowest BCUT2D eigenvalue weighted by atomic mass is 9.44. The number of halogens is 2. The Kier molecular flexibility index (Phi) is 10.9. The molecule has 14 nitrogen and oxygen atoms in total. The topological polar surface area (TPSA) is 186 Å². The number of rotatable bonds is 12. The number of carbonyl (C=O) groups is 4. The molecule has 9 atom stereocenters. The molecule has 16 heteroatoms. The van der Waals surface area contributed by atoms with E-state index < -0.39 is 87.3 Å². The molecule has 0 aromatic heterocycles. The molecule has 2 N–H and O–H groups in total. The number of carbonyl (C=O) groups excluding carboxylic acids is 4. The van der Waals surface area contributed by atoms with Crippen LogP contribution in [-0.2, 0) is 35.3 Å². The van der Waals surface area contributed by atoms with Crippen molar-refractivity contribution in [1.82, 2.24) is 9.80 Å². The van der Waals surface area contributed by atoms with Crippen LogP contribution in [0.1, 0.15) is 56.0 Å². The minimum atomic E-state index is -2.34. The molecule has 5 aliphatic rings. The second-order valence-electron chi connectivity index (χ2n) is 15.8. The van der Waals surface area contributed by atoms with Crippen LogP contribution in [0.2, 0.25) is 0 Å². The van der Waals surface area contributed by atoms with Gasteiger partial charge in [0.15, 0.2) is 18.1 Å². The minimum Gasteiger partial charge on any atom is -0.461 e. The smallest absolute Gasteiger partial charge is 0.338 e. The number of benzene rings is 1. The zero-order chi connectivity index (χ0) is 39.2. The van der Waals surface area contributed by atoms with Gasteiger partial charge >= 0.3 is 11.9 Å². The third-order valence-corrected chi connectivity index (χ3v) is 13.0. The van der Waals surface area contributed by atoms with Gasteiger partial charge in [-0.15, -0.1) is 10.1 Å². The fourth-order valence-corrected chi connectivity index (χ4v) is 10.0. The largest absolute Gasteiger partial charge is 0.461 e. The first-order chi connectivity index (χ1) is 25.4. The molecule has 294 valence electrons. The molecule has 0 bridgehead atoms. The van der Waals surface area contributed by atoms with E-state index in [1.807, 2.05) is 4.90 Å². The lowest BCUT2D eigenvalue weighted by molar-refractivity contribution is -0.763. The van der Waals surface area contributed by atoms with E-state index in [1.54, 1.807) is 13.8 Å². The van der Waals surface area contributed by atoms with Crippen LogP contribution in [0.25, 0.3) is 0 Å². The average molecular weight is 760 g/mol. The summed E-state index contributed by atoms with van der Waals surface area (Å²) in [5.74, 6) is -4.83. The van der Waals surface area contributed by atoms with Crippen LogP contribution in [0.4, 0.5) is 8.78 Å². The molecule has 0 radical (unpaired) electrons. The third kappa shape index (κ3) is 6.75. The first-order valence-electron chi connectivity index (χ1n) is 18.3. The van der Waals surface area contributed by atoms with Crippen molar-refractivity contribution in [2.75, 3.05) is 52.5 Å². The van der Waals surface area contributed by atoms with Crippen LogP contribution in [-0.4, -0.2) is 125 Å². The van der Waals surface area contributed by atoms with Crippen molar-refractivity contribution < 1.29 is 57.6 Å². The van der Waals surface area contributed by atoms with E-state index in [9.17, 15) is 39.5 Å². The van der Waals surface area contributed by atoms with Crippen molar-refractivity contribution in [3.05, 3.63) is 69.3 Å². The Morgan fingerprint density at radius 1 is 1.04 bits per heavy atom. The summed E-state index contributed by atoms with van der Waals surface area (Å²) in [6.45, 7) is 6.49. The maximum atomic E-state index is 17.4.